The number of benzene rings is 1. The zero-order chi connectivity index (χ0) is 17.4. The number of carbonyl (C=O) groups is 1. The lowest BCUT2D eigenvalue weighted by Crippen LogP contribution is -2.49. The standard InChI is InChI=1S/C15H18F4N2O2/c1-9-3-4-11(7-12(9)16)20-13(22)10(2)21-6-5-14(23,8-21)15(17,18)19/h3-4,7,10,23H,5-6,8H2,1-2H3,(H,20,22)/t10-,14-/m0/s1. The summed E-state index contributed by atoms with van der Waals surface area (Å²) in [6.07, 6.45) is -5.22. The van der Waals surface area contributed by atoms with Crippen LogP contribution in [0.3, 0.4) is 0 Å². The van der Waals surface area contributed by atoms with Crippen molar-refractivity contribution in [1.82, 2.24) is 4.90 Å². The van der Waals surface area contributed by atoms with Crippen molar-refractivity contribution in [3.8, 4) is 0 Å². The SMILES string of the molecule is Cc1ccc(NC(=O)[C@H](C)N2CC[C@@](O)(C(F)(F)F)C2)cc1F. The minimum absolute atomic E-state index is 0.0488. The summed E-state index contributed by atoms with van der Waals surface area (Å²) in [5.74, 6) is -1.04. The van der Waals surface area contributed by atoms with Crippen molar-refractivity contribution in [1.29, 1.82) is 0 Å². The molecule has 0 aliphatic carbocycles. The Kier molecular flexibility index (Phi) is 4.68. The average Bonchev–Trinajstić information content (AvgIpc) is 2.85. The third kappa shape index (κ3) is 3.64. The summed E-state index contributed by atoms with van der Waals surface area (Å²) in [7, 11) is 0. The minimum atomic E-state index is -4.74. The number of halogens is 4. The number of alkyl halides is 3. The first-order valence-corrected chi connectivity index (χ1v) is 7.14. The lowest BCUT2D eigenvalue weighted by atomic mass is 10.0. The maximum absolute atomic E-state index is 13.4. The molecule has 0 spiro atoms. The predicted molar refractivity (Wildman–Crippen MR) is 76.4 cm³/mol. The van der Waals surface area contributed by atoms with Gasteiger partial charge in [0.25, 0.3) is 0 Å². The first-order chi connectivity index (χ1) is 10.5. The second-order valence-electron chi connectivity index (χ2n) is 5.88. The van der Waals surface area contributed by atoms with E-state index in [-0.39, 0.29) is 12.2 Å². The lowest BCUT2D eigenvalue weighted by Gasteiger charge is -2.28. The number of rotatable bonds is 3. The number of anilines is 1. The molecule has 1 amide bonds. The zero-order valence-corrected chi connectivity index (χ0v) is 12.7. The highest BCUT2D eigenvalue weighted by Crippen LogP contribution is 2.38. The van der Waals surface area contributed by atoms with Crippen LogP contribution in [-0.2, 0) is 4.79 Å². The predicted octanol–water partition coefficient (Wildman–Crippen LogP) is 2.46. The number of hydrogen-bond donors (Lipinski definition) is 2. The average molecular weight is 334 g/mol. The molecule has 1 fully saturated rings. The zero-order valence-electron chi connectivity index (χ0n) is 12.7. The molecule has 0 unspecified atom stereocenters. The molecule has 0 radical (unpaired) electrons. The van der Waals surface area contributed by atoms with Crippen molar-refractivity contribution < 1.29 is 27.5 Å². The van der Waals surface area contributed by atoms with Crippen LogP contribution in [0.25, 0.3) is 0 Å². The van der Waals surface area contributed by atoms with Gasteiger partial charge in [0.15, 0.2) is 5.60 Å². The third-order valence-electron chi connectivity index (χ3n) is 4.17. The van der Waals surface area contributed by atoms with Crippen LogP contribution in [0.15, 0.2) is 18.2 Å². The Morgan fingerprint density at radius 2 is 2.09 bits per heavy atom. The normalized spacial score (nSPS) is 23.8. The number of hydrogen-bond acceptors (Lipinski definition) is 3. The molecule has 1 aliphatic heterocycles. The molecule has 1 saturated heterocycles. The van der Waals surface area contributed by atoms with Gasteiger partial charge in [-0.05, 0) is 38.0 Å². The van der Waals surface area contributed by atoms with Crippen LogP contribution in [0.2, 0.25) is 0 Å². The van der Waals surface area contributed by atoms with Gasteiger partial charge in [-0.3, -0.25) is 9.69 Å². The number of aliphatic hydroxyl groups is 1. The molecule has 0 bridgehead atoms. The summed E-state index contributed by atoms with van der Waals surface area (Å²) < 4.78 is 51.8. The number of likely N-dealkylation sites (tertiary alicyclic amines) is 1. The minimum Gasteiger partial charge on any atom is -0.379 e. The maximum Gasteiger partial charge on any atom is 0.418 e. The van der Waals surface area contributed by atoms with Gasteiger partial charge in [-0.1, -0.05) is 6.07 Å². The molecule has 1 heterocycles. The van der Waals surface area contributed by atoms with Crippen molar-refractivity contribution in [2.45, 2.75) is 38.1 Å². The molecule has 4 nitrogen and oxygen atoms in total. The van der Waals surface area contributed by atoms with Gasteiger partial charge < -0.3 is 10.4 Å². The van der Waals surface area contributed by atoms with Crippen LogP contribution in [-0.4, -0.2) is 46.8 Å². The van der Waals surface area contributed by atoms with Crippen LogP contribution in [0, 0.1) is 12.7 Å². The van der Waals surface area contributed by atoms with Gasteiger partial charge in [-0.25, -0.2) is 4.39 Å². The van der Waals surface area contributed by atoms with Gasteiger partial charge in [-0.15, -0.1) is 0 Å². The molecule has 2 rings (SSSR count). The first kappa shape index (κ1) is 17.7. The molecule has 0 saturated carbocycles. The largest absolute Gasteiger partial charge is 0.418 e. The highest BCUT2D eigenvalue weighted by molar-refractivity contribution is 5.94. The molecular weight excluding hydrogens is 316 g/mol. The fourth-order valence-corrected chi connectivity index (χ4v) is 2.47. The summed E-state index contributed by atoms with van der Waals surface area (Å²) in [6, 6.07) is 3.28. The fourth-order valence-electron chi connectivity index (χ4n) is 2.47. The third-order valence-corrected chi connectivity index (χ3v) is 4.17. The van der Waals surface area contributed by atoms with Crippen molar-refractivity contribution in [2.24, 2.45) is 0 Å². The molecular formula is C15H18F4N2O2. The van der Waals surface area contributed by atoms with E-state index in [1.807, 2.05) is 0 Å². The van der Waals surface area contributed by atoms with Crippen molar-refractivity contribution in [3.63, 3.8) is 0 Å². The molecule has 0 aromatic heterocycles. The van der Waals surface area contributed by atoms with Gasteiger partial charge in [0, 0.05) is 18.8 Å². The summed E-state index contributed by atoms with van der Waals surface area (Å²) in [4.78, 5) is 13.4. The van der Waals surface area contributed by atoms with E-state index in [1.165, 1.54) is 24.0 Å². The second kappa shape index (κ2) is 6.09. The quantitative estimate of drug-likeness (QED) is 0.835. The highest BCUT2D eigenvalue weighted by Gasteiger charge is 2.57. The Morgan fingerprint density at radius 1 is 1.43 bits per heavy atom. The van der Waals surface area contributed by atoms with Crippen LogP contribution in [0.4, 0.5) is 23.2 Å². The number of amides is 1. The summed E-state index contributed by atoms with van der Waals surface area (Å²) >= 11 is 0. The Labute approximate surface area is 131 Å². The van der Waals surface area contributed by atoms with Gasteiger partial charge in [0.1, 0.15) is 5.82 Å². The second-order valence-corrected chi connectivity index (χ2v) is 5.88. The van der Waals surface area contributed by atoms with Gasteiger partial charge in [-0.2, -0.15) is 13.2 Å². The molecule has 1 aliphatic rings. The molecule has 1 aromatic rings. The number of aryl methyl sites for hydroxylation is 1. The first-order valence-electron chi connectivity index (χ1n) is 7.14. The highest BCUT2D eigenvalue weighted by atomic mass is 19.4. The Balaban J connectivity index is 2.02. The van der Waals surface area contributed by atoms with Crippen molar-refractivity contribution in [2.75, 3.05) is 18.4 Å². The topological polar surface area (TPSA) is 52.6 Å². The van der Waals surface area contributed by atoms with E-state index in [0.717, 1.165) is 6.07 Å². The number of carbonyl (C=O) groups excluding carboxylic acids is 1. The van der Waals surface area contributed by atoms with E-state index >= 15 is 0 Å². The van der Waals surface area contributed by atoms with Crippen LogP contribution < -0.4 is 5.32 Å². The maximum atomic E-state index is 13.4. The molecule has 1 aromatic carbocycles. The smallest absolute Gasteiger partial charge is 0.379 e. The van der Waals surface area contributed by atoms with E-state index in [1.54, 1.807) is 6.92 Å². The summed E-state index contributed by atoms with van der Waals surface area (Å²) in [5.41, 5.74) is -2.14. The number of nitrogens with zero attached hydrogens (tertiary/aromatic N) is 1. The van der Waals surface area contributed by atoms with Crippen LogP contribution in [0.1, 0.15) is 18.9 Å². The van der Waals surface area contributed by atoms with Gasteiger partial charge in [0.2, 0.25) is 5.91 Å². The van der Waals surface area contributed by atoms with Crippen molar-refractivity contribution in [3.05, 3.63) is 29.6 Å². The Hall–Kier alpha value is -1.67. The van der Waals surface area contributed by atoms with Gasteiger partial charge in [0.05, 0.1) is 6.04 Å². The van der Waals surface area contributed by atoms with Crippen LogP contribution >= 0.6 is 0 Å². The van der Waals surface area contributed by atoms with E-state index in [2.05, 4.69) is 5.32 Å². The fraction of sp³-hybridized carbons (Fsp3) is 0.533. The Morgan fingerprint density at radius 3 is 2.61 bits per heavy atom. The number of β-amino-alcohol motifs (C(OH)–C–C–N with tert-alkyl or cyclic N) is 1. The molecule has 8 heteroatoms. The molecule has 2 N–H and O–H groups in total. The van der Waals surface area contributed by atoms with E-state index in [9.17, 15) is 27.5 Å². The lowest BCUT2D eigenvalue weighted by molar-refractivity contribution is -0.254. The van der Waals surface area contributed by atoms with Gasteiger partial charge >= 0.3 is 6.18 Å². The van der Waals surface area contributed by atoms with E-state index in [4.69, 9.17) is 0 Å². The Bertz CT molecular complexity index is 606. The molecule has 2 atom stereocenters. The van der Waals surface area contributed by atoms with Crippen LogP contribution in [0.5, 0.6) is 0 Å². The summed E-state index contributed by atoms with van der Waals surface area (Å²) in [6.45, 7) is 2.31. The van der Waals surface area contributed by atoms with Crippen molar-refractivity contribution >= 4 is 11.6 Å². The number of nitrogens with one attached hydrogen (secondary N) is 1. The molecule has 23 heavy (non-hydrogen) atoms. The monoisotopic (exact) mass is 334 g/mol. The van der Waals surface area contributed by atoms with E-state index < -0.39 is 42.5 Å². The molecule has 128 valence electrons. The summed E-state index contributed by atoms with van der Waals surface area (Å²) in [5, 5.41) is 12.1. The van der Waals surface area contributed by atoms with E-state index in [0.29, 0.717) is 5.56 Å².